The average molecular weight is 673 g/mol. The van der Waals surface area contributed by atoms with E-state index >= 15 is 0 Å². The summed E-state index contributed by atoms with van der Waals surface area (Å²) in [7, 11) is 0. The topological polar surface area (TPSA) is 84.0 Å². The summed E-state index contributed by atoms with van der Waals surface area (Å²) in [4.78, 5) is 4.58. The molecule has 3 heterocycles. The molecule has 3 aromatic heterocycles. The first-order valence-electron chi connectivity index (χ1n) is 16.5. The zero-order valence-electron chi connectivity index (χ0n) is 28.6. The fraction of sp³-hybridized carbons (Fsp3) is 0.419. The van der Waals surface area contributed by atoms with Crippen LogP contribution >= 0.6 is 0 Å². The van der Waals surface area contributed by atoms with E-state index in [1.807, 2.05) is 118 Å². The van der Waals surface area contributed by atoms with Crippen molar-refractivity contribution in [2.75, 3.05) is 6.61 Å². The van der Waals surface area contributed by atoms with Crippen molar-refractivity contribution < 1.29 is 18.4 Å². The Labute approximate surface area is 297 Å². The Hall–Kier alpha value is -4.13. The minimum Gasteiger partial charge on any atom is -0.466 e. The summed E-state index contributed by atoms with van der Waals surface area (Å²) in [6.07, 6.45) is 4.91. The van der Waals surface area contributed by atoms with Crippen molar-refractivity contribution in [1.82, 2.24) is 5.32 Å². The number of nitrogens with one attached hydrogen (secondary N) is 1. The van der Waals surface area contributed by atoms with E-state index in [1.54, 1.807) is 0 Å². The Morgan fingerprint density at radius 1 is 0.612 bits per heavy atom. The zero-order valence-corrected chi connectivity index (χ0v) is 28.6. The normalized spacial score (nSPS) is 12.8. The quantitative estimate of drug-likeness (QED) is 0.129. The maximum Gasteiger partial charge on any atom is 0.128 e. The van der Waals surface area contributed by atoms with Gasteiger partial charge in [-0.3, -0.25) is 10.3 Å². The molecule has 0 fully saturated rings. The Morgan fingerprint density at radius 3 is 1.53 bits per heavy atom. The molecule has 0 spiro atoms. The lowest BCUT2D eigenvalue weighted by molar-refractivity contribution is 0.225. The van der Waals surface area contributed by atoms with E-state index in [2.05, 4.69) is 44.1 Å². The molecule has 0 saturated heterocycles. The first-order chi connectivity index (χ1) is 22.3. The zero-order chi connectivity index (χ0) is 33.3. The summed E-state index contributed by atoms with van der Waals surface area (Å²) in [5, 5.41) is 13.0. The van der Waals surface area contributed by atoms with Gasteiger partial charge in [0.15, 0.2) is 0 Å². The highest BCUT2D eigenvalue weighted by molar-refractivity contribution is 5.79. The second-order valence-corrected chi connectivity index (χ2v) is 11.5. The van der Waals surface area contributed by atoms with Gasteiger partial charge in [0.1, 0.15) is 40.6 Å². The van der Waals surface area contributed by atoms with Gasteiger partial charge in [0.25, 0.3) is 0 Å². The fourth-order valence-electron chi connectivity index (χ4n) is 4.87. The molecule has 6 heteroatoms. The smallest absolute Gasteiger partial charge is 0.128 e. The third-order valence-corrected chi connectivity index (χ3v) is 7.84. The molecule has 0 aliphatic carbocycles. The molecule has 0 aliphatic rings. The van der Waals surface area contributed by atoms with Gasteiger partial charge in [0.2, 0.25) is 0 Å². The first kappa shape index (κ1) is 44.9. The van der Waals surface area contributed by atoms with Gasteiger partial charge in [-0.15, -0.1) is 0 Å². The number of rotatable bonds is 12. The molecule has 0 saturated carbocycles. The summed E-state index contributed by atoms with van der Waals surface area (Å²) < 4.78 is 16.7. The number of furan rings is 3. The van der Waals surface area contributed by atoms with Crippen molar-refractivity contribution in [2.45, 2.75) is 114 Å². The van der Waals surface area contributed by atoms with E-state index in [9.17, 15) is 5.11 Å². The SMILES string of the molecule is C.C.C.CC[C@@H](C)c1ccc(C)o1.CC[C@@H](N=Cc1ccccc1)c1ccc(C)o1.CC[C@@H](N[C@@H](CO)c1ccccc1)c1ccc(C)o1. The predicted molar refractivity (Wildman–Crippen MR) is 209 cm³/mol. The third kappa shape index (κ3) is 14.9. The van der Waals surface area contributed by atoms with Gasteiger partial charge in [-0.25, -0.2) is 0 Å². The van der Waals surface area contributed by atoms with Crippen molar-refractivity contribution >= 4 is 6.21 Å². The van der Waals surface area contributed by atoms with E-state index in [0.717, 1.165) is 65.0 Å². The van der Waals surface area contributed by atoms with Gasteiger partial charge in [0, 0.05) is 12.1 Å². The molecule has 2 aromatic carbocycles. The van der Waals surface area contributed by atoms with Crippen LogP contribution in [0.15, 0.2) is 115 Å². The van der Waals surface area contributed by atoms with Crippen LogP contribution in [-0.2, 0) is 0 Å². The van der Waals surface area contributed by atoms with E-state index in [-0.39, 0.29) is 47.0 Å². The largest absolute Gasteiger partial charge is 0.466 e. The molecule has 6 nitrogen and oxygen atoms in total. The number of aryl methyl sites for hydroxylation is 3. The molecule has 49 heavy (non-hydrogen) atoms. The van der Waals surface area contributed by atoms with E-state index < -0.39 is 0 Å². The first-order valence-corrected chi connectivity index (χ1v) is 16.5. The van der Waals surface area contributed by atoms with E-state index in [1.165, 1.54) is 0 Å². The molecule has 0 radical (unpaired) electrons. The lowest BCUT2D eigenvalue weighted by Crippen LogP contribution is -2.28. The van der Waals surface area contributed by atoms with Crippen LogP contribution in [0.1, 0.15) is 139 Å². The van der Waals surface area contributed by atoms with Gasteiger partial charge in [-0.1, -0.05) is 111 Å². The highest BCUT2D eigenvalue weighted by Crippen LogP contribution is 2.25. The van der Waals surface area contributed by atoms with Crippen molar-refractivity contribution in [1.29, 1.82) is 0 Å². The Kier molecular flexibility index (Phi) is 22.0. The number of aliphatic hydroxyl groups excluding tert-OH is 1. The number of hydrogen-bond acceptors (Lipinski definition) is 6. The van der Waals surface area contributed by atoms with Gasteiger partial charge in [-0.05, 0) is 87.6 Å². The minimum absolute atomic E-state index is 0. The average Bonchev–Trinajstić information content (AvgIpc) is 3.84. The number of nitrogens with zero attached hydrogens (tertiary/aromatic N) is 1. The second-order valence-electron chi connectivity index (χ2n) is 11.5. The molecular formula is C43H64N2O4. The van der Waals surface area contributed by atoms with Crippen molar-refractivity contribution in [3.8, 4) is 0 Å². The predicted octanol–water partition coefficient (Wildman–Crippen LogP) is 12.5. The van der Waals surface area contributed by atoms with Crippen LogP contribution in [0.2, 0.25) is 0 Å². The van der Waals surface area contributed by atoms with Gasteiger partial charge >= 0.3 is 0 Å². The van der Waals surface area contributed by atoms with Crippen LogP contribution in [0, 0.1) is 20.8 Å². The van der Waals surface area contributed by atoms with Crippen LogP contribution in [0.4, 0.5) is 0 Å². The number of hydrogen-bond donors (Lipinski definition) is 2. The summed E-state index contributed by atoms with van der Waals surface area (Å²) in [5.74, 6) is 6.40. The maximum atomic E-state index is 9.58. The van der Waals surface area contributed by atoms with E-state index in [0.29, 0.717) is 5.92 Å². The number of aliphatic imine (C=N–C) groups is 1. The molecule has 0 amide bonds. The molecule has 5 rings (SSSR count). The molecule has 0 aliphatic heterocycles. The molecule has 5 aromatic rings. The summed E-state index contributed by atoms with van der Waals surface area (Å²) in [6.45, 7) is 14.5. The fourth-order valence-corrected chi connectivity index (χ4v) is 4.87. The Balaban J connectivity index is 0.000000713. The Morgan fingerprint density at radius 2 is 1.10 bits per heavy atom. The third-order valence-electron chi connectivity index (χ3n) is 7.84. The highest BCUT2D eigenvalue weighted by atomic mass is 16.3. The number of benzene rings is 2. The van der Waals surface area contributed by atoms with Crippen LogP contribution in [-0.4, -0.2) is 17.9 Å². The molecule has 4 atom stereocenters. The molecular weight excluding hydrogens is 608 g/mol. The van der Waals surface area contributed by atoms with E-state index in [4.69, 9.17) is 13.3 Å². The van der Waals surface area contributed by atoms with Gasteiger partial charge in [0.05, 0.1) is 18.7 Å². The molecule has 270 valence electrons. The van der Waals surface area contributed by atoms with Crippen molar-refractivity contribution in [3.63, 3.8) is 0 Å². The van der Waals surface area contributed by atoms with Crippen LogP contribution in [0.25, 0.3) is 0 Å². The monoisotopic (exact) mass is 672 g/mol. The molecule has 0 unspecified atom stereocenters. The molecule has 0 bridgehead atoms. The maximum absolute atomic E-state index is 9.58. The lowest BCUT2D eigenvalue weighted by Gasteiger charge is -2.22. The minimum atomic E-state index is -0.0726. The van der Waals surface area contributed by atoms with Gasteiger partial charge < -0.3 is 18.4 Å². The Bertz CT molecular complexity index is 1530. The summed E-state index contributed by atoms with van der Waals surface area (Å²) in [6, 6.07) is 32.3. The van der Waals surface area contributed by atoms with Crippen molar-refractivity contribution in [3.05, 3.63) is 143 Å². The highest BCUT2D eigenvalue weighted by Gasteiger charge is 2.19. The lowest BCUT2D eigenvalue weighted by atomic mass is 10.0. The van der Waals surface area contributed by atoms with Crippen molar-refractivity contribution in [2.24, 2.45) is 4.99 Å². The second kappa shape index (κ2) is 24.1. The standard InChI is InChI=1S/C16H21NO2.C15H17NO.C9H14O.3CH4/c1-3-14(16-10-9-12(2)19-16)17-15(11-18)13-7-5-4-6-8-13;1-3-14(15-10-9-12(2)17-15)16-11-13-7-5-4-6-8-13;1-4-7(2)9-6-5-8(3)10-9;;;/h4-10,14-15,17-18H,3,11H2,1-2H3;4-11,14H,3H2,1-2H3;5-7H,4H2,1-3H3;3*1H4/t14-,15+;14-;7-;;;/m111.../s1. The summed E-state index contributed by atoms with van der Waals surface area (Å²) in [5.41, 5.74) is 2.21. The summed E-state index contributed by atoms with van der Waals surface area (Å²) >= 11 is 0. The molecule has 2 N–H and O–H groups in total. The number of aliphatic hydroxyl groups is 1. The van der Waals surface area contributed by atoms with Crippen LogP contribution in [0.5, 0.6) is 0 Å². The van der Waals surface area contributed by atoms with Crippen LogP contribution in [0.3, 0.4) is 0 Å². The van der Waals surface area contributed by atoms with Crippen LogP contribution < -0.4 is 5.32 Å². The van der Waals surface area contributed by atoms with Gasteiger partial charge in [-0.2, -0.15) is 0 Å².